The Kier molecular flexibility index (Phi) is 7.55. The number of alkyl halides is 2. The summed E-state index contributed by atoms with van der Waals surface area (Å²) >= 11 is 0. The number of likely N-dealkylation sites (tertiary alicyclic amines) is 1. The molecule has 3 heterocycles. The second kappa shape index (κ2) is 11.0. The highest BCUT2D eigenvalue weighted by molar-refractivity contribution is 6.07. The van der Waals surface area contributed by atoms with Crippen LogP contribution in [0.4, 0.5) is 8.78 Å². The van der Waals surface area contributed by atoms with Crippen molar-refractivity contribution in [3.63, 3.8) is 0 Å². The number of para-hydroxylation sites is 1. The van der Waals surface area contributed by atoms with Crippen LogP contribution in [0.3, 0.4) is 0 Å². The van der Waals surface area contributed by atoms with Crippen LogP contribution in [0.15, 0.2) is 54.7 Å². The van der Waals surface area contributed by atoms with Crippen molar-refractivity contribution >= 4 is 22.7 Å². The highest BCUT2D eigenvalue weighted by Gasteiger charge is 2.35. The number of hydrogen-bond donors (Lipinski definition) is 0. The molecule has 0 atom stereocenters. The minimum Gasteiger partial charge on any atom is -0.378 e. The molecule has 2 fully saturated rings. The van der Waals surface area contributed by atoms with Crippen LogP contribution < -0.4 is 0 Å². The van der Waals surface area contributed by atoms with Gasteiger partial charge in [-0.05, 0) is 43.0 Å². The molecule has 37 heavy (non-hydrogen) atoms. The van der Waals surface area contributed by atoms with Crippen molar-refractivity contribution in [1.82, 2.24) is 14.4 Å². The average Bonchev–Trinajstić information content (AvgIpc) is 3.30. The summed E-state index contributed by atoms with van der Waals surface area (Å²) in [5.41, 5.74) is 3.50. The fraction of sp³-hybridized carbons (Fsp3) is 0.448. The highest BCUT2D eigenvalue weighted by atomic mass is 19.3. The molecule has 6 nitrogen and oxygen atoms in total. The molecule has 5 rings (SSSR count). The number of hydrogen-bond acceptors (Lipinski definition) is 3. The van der Waals surface area contributed by atoms with E-state index in [0.29, 0.717) is 31.9 Å². The topological polar surface area (TPSA) is 54.8 Å². The molecule has 0 N–H and O–H groups in total. The Morgan fingerprint density at radius 1 is 0.838 bits per heavy atom. The number of nitrogens with zero attached hydrogens (tertiary/aromatic N) is 3. The number of fused-ring (bicyclic) bond motifs is 1. The van der Waals surface area contributed by atoms with Gasteiger partial charge in [-0.15, -0.1) is 0 Å². The number of halogens is 2. The van der Waals surface area contributed by atoms with Crippen molar-refractivity contribution in [2.24, 2.45) is 0 Å². The molecule has 196 valence electrons. The lowest BCUT2D eigenvalue weighted by Crippen LogP contribution is -2.42. The lowest BCUT2D eigenvalue weighted by atomic mass is 10.0. The zero-order valence-corrected chi connectivity index (χ0v) is 21.0. The number of piperidine rings is 1. The Hall–Kier alpha value is -3.26. The minimum atomic E-state index is -2.66. The molecule has 0 spiro atoms. The summed E-state index contributed by atoms with van der Waals surface area (Å²) in [6, 6.07) is 15.5. The van der Waals surface area contributed by atoms with Crippen molar-refractivity contribution in [2.75, 3.05) is 39.4 Å². The largest absolute Gasteiger partial charge is 0.378 e. The normalized spacial score (nSPS) is 17.8. The van der Waals surface area contributed by atoms with Crippen LogP contribution in [0.1, 0.15) is 52.0 Å². The lowest BCUT2D eigenvalue weighted by Gasteiger charge is -2.31. The number of amides is 2. The van der Waals surface area contributed by atoms with Crippen molar-refractivity contribution in [3.05, 3.63) is 71.4 Å². The molecule has 2 aromatic carbocycles. The van der Waals surface area contributed by atoms with Crippen molar-refractivity contribution in [3.8, 4) is 0 Å². The van der Waals surface area contributed by atoms with Gasteiger partial charge in [0.2, 0.25) is 0 Å². The maximum atomic E-state index is 13.4. The monoisotopic (exact) mass is 509 g/mol. The molecule has 0 unspecified atom stereocenters. The number of ether oxygens (including phenoxy) is 1. The maximum Gasteiger partial charge on any atom is 0.256 e. The molecule has 2 aliphatic rings. The van der Waals surface area contributed by atoms with Gasteiger partial charge >= 0.3 is 0 Å². The van der Waals surface area contributed by atoms with Crippen molar-refractivity contribution in [2.45, 2.75) is 44.6 Å². The third-order valence-electron chi connectivity index (χ3n) is 7.41. The number of carbonyl (C=O) groups excluding carboxylic acids is 2. The Morgan fingerprint density at radius 2 is 1.51 bits per heavy atom. The van der Waals surface area contributed by atoms with E-state index in [0.717, 1.165) is 47.8 Å². The summed E-state index contributed by atoms with van der Waals surface area (Å²) in [6.07, 6.45) is 4.25. The van der Waals surface area contributed by atoms with E-state index in [-0.39, 0.29) is 37.7 Å². The Bertz CT molecular complexity index is 1240. The second-order valence-electron chi connectivity index (χ2n) is 9.96. The molecule has 2 amide bonds. The van der Waals surface area contributed by atoms with E-state index in [1.54, 1.807) is 12.1 Å². The third kappa shape index (κ3) is 5.85. The van der Waals surface area contributed by atoms with Crippen molar-refractivity contribution in [1.29, 1.82) is 0 Å². The second-order valence-corrected chi connectivity index (χ2v) is 9.96. The number of aromatic nitrogens is 1. The smallest absolute Gasteiger partial charge is 0.256 e. The summed E-state index contributed by atoms with van der Waals surface area (Å²) in [5.74, 6) is -2.77. The Balaban J connectivity index is 1.15. The SMILES string of the molecule is O=C(c1ccc(CCCCn2cc(C(=O)N3CCOCC3)c3ccccc32)cc1)N1CCC(F)(F)CC1. The molecular formula is C29H33F2N3O3. The number of aryl methyl sites for hydroxylation is 2. The van der Waals surface area contributed by atoms with Gasteiger partial charge in [0.1, 0.15) is 0 Å². The number of carbonyl (C=O) groups is 2. The van der Waals surface area contributed by atoms with Gasteiger partial charge in [0.15, 0.2) is 0 Å². The first-order chi connectivity index (χ1) is 17.9. The molecule has 2 saturated heterocycles. The van der Waals surface area contributed by atoms with E-state index in [1.165, 1.54) is 4.90 Å². The first kappa shape index (κ1) is 25.4. The van der Waals surface area contributed by atoms with Gasteiger partial charge < -0.3 is 19.1 Å². The van der Waals surface area contributed by atoms with Gasteiger partial charge in [-0.1, -0.05) is 30.3 Å². The fourth-order valence-electron chi connectivity index (χ4n) is 5.18. The minimum absolute atomic E-state index is 0.0613. The maximum absolute atomic E-state index is 13.4. The average molecular weight is 510 g/mol. The third-order valence-corrected chi connectivity index (χ3v) is 7.41. The number of benzene rings is 2. The standard InChI is InChI=1S/C29H33F2N3O3/c30-29(31)12-15-32(16-13-29)27(35)23-10-8-22(9-11-23)5-3-4-14-34-21-25(24-6-1-2-7-26(24)34)28(36)33-17-19-37-20-18-33/h1-2,6-11,21H,3-5,12-20H2. The van der Waals surface area contributed by atoms with Crippen LogP contribution in [-0.4, -0.2) is 71.5 Å². The van der Waals surface area contributed by atoms with E-state index < -0.39 is 5.92 Å². The van der Waals surface area contributed by atoms with Crippen LogP contribution in [0.25, 0.3) is 10.9 Å². The summed E-state index contributed by atoms with van der Waals surface area (Å²) in [7, 11) is 0. The van der Waals surface area contributed by atoms with E-state index in [9.17, 15) is 18.4 Å². The first-order valence-electron chi connectivity index (χ1n) is 13.1. The fourth-order valence-corrected chi connectivity index (χ4v) is 5.18. The predicted octanol–water partition coefficient (Wildman–Crippen LogP) is 5.01. The Morgan fingerprint density at radius 3 is 2.24 bits per heavy atom. The first-order valence-corrected chi connectivity index (χ1v) is 13.1. The Labute approximate surface area is 215 Å². The zero-order chi connectivity index (χ0) is 25.8. The number of unbranched alkanes of at least 4 members (excludes halogenated alkanes) is 1. The summed E-state index contributed by atoms with van der Waals surface area (Å²) in [4.78, 5) is 29.2. The van der Waals surface area contributed by atoms with Crippen LogP contribution in [0, 0.1) is 0 Å². The van der Waals surface area contributed by atoms with Crippen LogP contribution >= 0.6 is 0 Å². The number of rotatable bonds is 7. The molecule has 1 aromatic heterocycles. The molecule has 8 heteroatoms. The summed E-state index contributed by atoms with van der Waals surface area (Å²) in [6.45, 7) is 3.41. The number of morpholine rings is 1. The summed E-state index contributed by atoms with van der Waals surface area (Å²) in [5, 5.41) is 0.983. The molecule has 3 aromatic rings. The molecular weight excluding hydrogens is 476 g/mol. The molecule has 0 bridgehead atoms. The van der Waals surface area contributed by atoms with Gasteiger partial charge in [-0.25, -0.2) is 8.78 Å². The van der Waals surface area contributed by atoms with E-state index in [2.05, 4.69) is 10.6 Å². The zero-order valence-electron chi connectivity index (χ0n) is 21.0. The van der Waals surface area contributed by atoms with Crippen LogP contribution in [0.5, 0.6) is 0 Å². The van der Waals surface area contributed by atoms with Gasteiger partial charge in [0, 0.05) is 68.2 Å². The molecule has 0 saturated carbocycles. The lowest BCUT2D eigenvalue weighted by molar-refractivity contribution is -0.0494. The van der Waals surface area contributed by atoms with Gasteiger partial charge in [0.05, 0.1) is 18.8 Å². The molecule has 2 aliphatic heterocycles. The van der Waals surface area contributed by atoms with E-state index in [1.807, 2.05) is 41.4 Å². The van der Waals surface area contributed by atoms with E-state index >= 15 is 0 Å². The highest BCUT2D eigenvalue weighted by Crippen LogP contribution is 2.28. The van der Waals surface area contributed by atoms with Gasteiger partial charge in [0.25, 0.3) is 17.7 Å². The van der Waals surface area contributed by atoms with Crippen molar-refractivity contribution < 1.29 is 23.1 Å². The van der Waals surface area contributed by atoms with Crippen LogP contribution in [0.2, 0.25) is 0 Å². The quantitative estimate of drug-likeness (QED) is 0.421. The summed E-state index contributed by atoms with van der Waals surface area (Å²) < 4.78 is 34.3. The van der Waals surface area contributed by atoms with Gasteiger partial charge in [-0.2, -0.15) is 0 Å². The van der Waals surface area contributed by atoms with Gasteiger partial charge in [-0.3, -0.25) is 9.59 Å². The molecule has 0 aliphatic carbocycles. The van der Waals surface area contributed by atoms with E-state index in [4.69, 9.17) is 4.74 Å². The predicted molar refractivity (Wildman–Crippen MR) is 138 cm³/mol. The van der Waals surface area contributed by atoms with Crippen LogP contribution in [-0.2, 0) is 17.7 Å². The molecule has 0 radical (unpaired) electrons.